The summed E-state index contributed by atoms with van der Waals surface area (Å²) in [4.78, 5) is 32.9. The molecule has 1 aromatic rings. The molecule has 1 saturated heterocycles. The Kier molecular flexibility index (Phi) is 5.36. The number of aromatic nitrogens is 1. The maximum absolute atomic E-state index is 12.8. The Morgan fingerprint density at radius 3 is 2.86 bits per heavy atom. The first-order valence-corrected chi connectivity index (χ1v) is 9.69. The molecule has 0 saturated carbocycles. The fourth-order valence-electron chi connectivity index (χ4n) is 3.84. The molecule has 4 heterocycles. The minimum Gasteiger partial charge on any atom is -0.488 e. The number of aromatic amines is 1. The zero-order valence-electron chi connectivity index (χ0n) is 16.0. The summed E-state index contributed by atoms with van der Waals surface area (Å²) >= 11 is 0. The molecule has 1 unspecified atom stereocenters. The number of nitrogens with one attached hydrogen (secondary N) is 3. The Morgan fingerprint density at radius 1 is 1.29 bits per heavy atom. The number of fused-ring (bicyclic) bond motifs is 1. The van der Waals surface area contributed by atoms with Gasteiger partial charge in [-0.2, -0.15) is 0 Å². The van der Waals surface area contributed by atoms with Crippen LogP contribution in [0.5, 0.6) is 5.75 Å². The van der Waals surface area contributed by atoms with E-state index in [1.165, 1.54) is 11.3 Å². The van der Waals surface area contributed by atoms with Gasteiger partial charge in [-0.05, 0) is 38.5 Å². The smallest absolute Gasteiger partial charge is 0.270 e. The number of H-pyrrole nitrogens is 1. The number of piperidine rings is 1. The van der Waals surface area contributed by atoms with Crippen molar-refractivity contribution in [2.75, 3.05) is 38.2 Å². The number of allylic oxidation sites excluding steroid dienone is 1. The Hall–Kier alpha value is -2.78. The first-order chi connectivity index (χ1) is 13.7. The van der Waals surface area contributed by atoms with Crippen LogP contribution < -0.4 is 20.5 Å². The van der Waals surface area contributed by atoms with E-state index in [-0.39, 0.29) is 12.1 Å². The summed E-state index contributed by atoms with van der Waals surface area (Å²) in [5.41, 5.74) is 7.38. The number of hydrogen-bond donors (Lipinski definition) is 3. The van der Waals surface area contributed by atoms with Crippen LogP contribution in [0, 0.1) is 0 Å². The predicted octanol–water partition coefficient (Wildman–Crippen LogP) is 0.759. The molecule has 28 heavy (non-hydrogen) atoms. The zero-order chi connectivity index (χ0) is 19.5. The van der Waals surface area contributed by atoms with Crippen molar-refractivity contribution in [1.82, 2.24) is 25.6 Å². The molecule has 1 atom stereocenters. The minimum atomic E-state index is -0.307. The molecule has 3 aliphatic heterocycles. The quantitative estimate of drug-likeness (QED) is 0.511. The Morgan fingerprint density at radius 2 is 2.11 bits per heavy atom. The maximum Gasteiger partial charge on any atom is 0.270 e. The largest absolute Gasteiger partial charge is 0.488 e. The molecule has 0 bridgehead atoms. The molecule has 3 N–H and O–H groups in total. The van der Waals surface area contributed by atoms with Crippen LogP contribution in [0.2, 0.25) is 0 Å². The topological polar surface area (TPSA) is 92.9 Å². The Bertz CT molecular complexity index is 796. The monoisotopic (exact) mass is 386 g/mol. The second-order valence-electron chi connectivity index (χ2n) is 7.05. The lowest BCUT2D eigenvalue weighted by atomic mass is 10.1. The van der Waals surface area contributed by atoms with Crippen molar-refractivity contribution in [3.8, 4) is 5.75 Å². The highest BCUT2D eigenvalue weighted by Crippen LogP contribution is 2.35. The summed E-state index contributed by atoms with van der Waals surface area (Å²) in [7, 11) is 1.76. The van der Waals surface area contributed by atoms with Crippen LogP contribution in [-0.2, 0) is 4.79 Å². The van der Waals surface area contributed by atoms with Crippen LogP contribution >= 0.6 is 0 Å². The van der Waals surface area contributed by atoms with Crippen molar-refractivity contribution in [2.45, 2.75) is 25.4 Å². The highest BCUT2D eigenvalue weighted by atomic mass is 16.5. The average Bonchev–Trinajstić information content (AvgIpc) is 3.18. The van der Waals surface area contributed by atoms with Gasteiger partial charge in [0.2, 0.25) is 6.41 Å². The SMILES string of the molecule is CNNC1C=C(N2CCOc3cc(C(=O)N4CCCCC4)[nH]c32)C=CN1C=O. The van der Waals surface area contributed by atoms with Gasteiger partial charge in [0.15, 0.2) is 11.6 Å². The summed E-state index contributed by atoms with van der Waals surface area (Å²) in [6, 6.07) is 1.80. The molecule has 0 spiro atoms. The van der Waals surface area contributed by atoms with Gasteiger partial charge in [-0.15, -0.1) is 0 Å². The van der Waals surface area contributed by atoms with Gasteiger partial charge in [-0.25, -0.2) is 5.43 Å². The molecule has 1 aromatic heterocycles. The number of hydrogen-bond acceptors (Lipinski definition) is 6. The standard InChI is InChI=1S/C19H26N6O3/c1-20-22-17-11-14(5-8-24(17)13-26)25-9-10-28-16-12-15(21-18(16)25)19(27)23-6-3-2-4-7-23/h5,8,11-13,17,20-22H,2-4,6-7,9-10H2,1H3. The fourth-order valence-corrected chi connectivity index (χ4v) is 3.84. The summed E-state index contributed by atoms with van der Waals surface area (Å²) in [6.07, 6.45) is 9.32. The van der Waals surface area contributed by atoms with E-state index in [4.69, 9.17) is 4.74 Å². The molecule has 4 rings (SSSR count). The first-order valence-electron chi connectivity index (χ1n) is 9.69. The molecule has 0 aliphatic carbocycles. The third-order valence-corrected chi connectivity index (χ3v) is 5.27. The third-order valence-electron chi connectivity index (χ3n) is 5.27. The van der Waals surface area contributed by atoms with E-state index in [9.17, 15) is 9.59 Å². The summed E-state index contributed by atoms with van der Waals surface area (Å²) in [5.74, 6) is 1.47. The predicted molar refractivity (Wildman–Crippen MR) is 104 cm³/mol. The number of rotatable bonds is 5. The second-order valence-corrected chi connectivity index (χ2v) is 7.05. The highest BCUT2D eigenvalue weighted by Gasteiger charge is 2.29. The lowest BCUT2D eigenvalue weighted by Crippen LogP contribution is -2.48. The van der Waals surface area contributed by atoms with Crippen LogP contribution in [0.4, 0.5) is 5.82 Å². The van der Waals surface area contributed by atoms with E-state index in [1.54, 1.807) is 19.3 Å². The number of hydrazine groups is 1. The van der Waals surface area contributed by atoms with Crippen molar-refractivity contribution in [3.63, 3.8) is 0 Å². The summed E-state index contributed by atoms with van der Waals surface area (Å²) in [5, 5.41) is 0. The molecular formula is C19H26N6O3. The normalized spacial score (nSPS) is 21.8. The fraction of sp³-hybridized carbons (Fsp3) is 0.474. The van der Waals surface area contributed by atoms with Crippen molar-refractivity contribution in [3.05, 3.63) is 35.8 Å². The molecule has 2 amide bonds. The van der Waals surface area contributed by atoms with Crippen molar-refractivity contribution < 1.29 is 14.3 Å². The molecule has 0 radical (unpaired) electrons. The molecule has 3 aliphatic rings. The second kappa shape index (κ2) is 8.07. The molecular weight excluding hydrogens is 360 g/mol. The molecule has 1 fully saturated rings. The summed E-state index contributed by atoms with van der Waals surface area (Å²) in [6.45, 7) is 2.78. The number of carbonyl (C=O) groups is 2. The number of likely N-dealkylation sites (tertiary alicyclic amines) is 1. The Balaban J connectivity index is 1.59. The van der Waals surface area contributed by atoms with Crippen molar-refractivity contribution in [2.24, 2.45) is 0 Å². The lowest BCUT2D eigenvalue weighted by molar-refractivity contribution is -0.117. The van der Waals surface area contributed by atoms with Crippen LogP contribution in [0.1, 0.15) is 29.8 Å². The first kappa shape index (κ1) is 18.6. The van der Waals surface area contributed by atoms with Gasteiger partial charge in [-0.1, -0.05) is 0 Å². The highest BCUT2D eigenvalue weighted by molar-refractivity contribution is 5.94. The van der Waals surface area contributed by atoms with Crippen molar-refractivity contribution >= 4 is 18.1 Å². The van der Waals surface area contributed by atoms with Gasteiger partial charge < -0.3 is 24.4 Å². The number of anilines is 1. The van der Waals surface area contributed by atoms with Crippen molar-refractivity contribution in [1.29, 1.82) is 0 Å². The van der Waals surface area contributed by atoms with Gasteiger partial charge in [-0.3, -0.25) is 15.0 Å². The van der Waals surface area contributed by atoms with E-state index in [1.807, 2.05) is 17.1 Å². The van der Waals surface area contributed by atoms with Gasteiger partial charge in [0.1, 0.15) is 18.5 Å². The minimum absolute atomic E-state index is 0.0210. The lowest BCUT2D eigenvalue weighted by Gasteiger charge is -2.34. The molecule has 150 valence electrons. The number of amides is 2. The number of carbonyl (C=O) groups excluding carboxylic acids is 2. The average molecular weight is 386 g/mol. The maximum atomic E-state index is 12.8. The molecule has 9 heteroatoms. The third kappa shape index (κ3) is 3.50. The van der Waals surface area contributed by atoms with Crippen LogP contribution in [0.3, 0.4) is 0 Å². The van der Waals surface area contributed by atoms with Gasteiger partial charge in [0.05, 0.1) is 6.54 Å². The van der Waals surface area contributed by atoms with Gasteiger partial charge in [0.25, 0.3) is 5.91 Å². The van der Waals surface area contributed by atoms with E-state index in [0.717, 1.165) is 43.9 Å². The number of nitrogens with zero attached hydrogens (tertiary/aromatic N) is 3. The van der Waals surface area contributed by atoms with Crippen LogP contribution in [-0.4, -0.2) is 66.6 Å². The summed E-state index contributed by atoms with van der Waals surface area (Å²) < 4.78 is 5.79. The van der Waals surface area contributed by atoms with E-state index >= 15 is 0 Å². The molecule has 0 aromatic carbocycles. The van der Waals surface area contributed by atoms with Crippen LogP contribution in [0.15, 0.2) is 30.1 Å². The van der Waals surface area contributed by atoms with E-state index in [0.29, 0.717) is 24.6 Å². The zero-order valence-corrected chi connectivity index (χ0v) is 16.0. The molecule has 9 nitrogen and oxygen atoms in total. The number of ether oxygens (including phenoxy) is 1. The van der Waals surface area contributed by atoms with E-state index in [2.05, 4.69) is 20.7 Å². The van der Waals surface area contributed by atoms with Crippen LogP contribution in [0.25, 0.3) is 0 Å². The Labute approximate surface area is 164 Å². The van der Waals surface area contributed by atoms with Gasteiger partial charge >= 0.3 is 0 Å². The van der Waals surface area contributed by atoms with Gasteiger partial charge in [0, 0.05) is 31.1 Å². The van der Waals surface area contributed by atoms with E-state index < -0.39 is 0 Å².